The molecule has 2 aliphatic rings. The Kier molecular flexibility index (Phi) is 8.87. The summed E-state index contributed by atoms with van der Waals surface area (Å²) in [6, 6.07) is 33.0. The largest absolute Gasteiger partial charge is 0.147 e. The van der Waals surface area contributed by atoms with Gasteiger partial charge in [0.05, 0.1) is 0 Å². The van der Waals surface area contributed by atoms with E-state index >= 15 is 0 Å². The van der Waals surface area contributed by atoms with Gasteiger partial charge < -0.3 is 0 Å². The van der Waals surface area contributed by atoms with Gasteiger partial charge in [-0.3, -0.25) is 0 Å². The van der Waals surface area contributed by atoms with Gasteiger partial charge in [0.1, 0.15) is 0 Å². The molecule has 4 heteroatoms. The maximum Gasteiger partial charge on any atom is -0.147 e. The number of rotatable bonds is 8. The number of hydrogen-bond donors (Lipinski definition) is 0. The Hall–Kier alpha value is -1.61. The average Bonchev–Trinajstić information content (AvgIpc) is 3.49. The normalized spacial score (nSPS) is 13.0. The molecule has 0 unspecified atom stereocenters. The van der Waals surface area contributed by atoms with E-state index in [0.717, 1.165) is 12.8 Å². The summed E-state index contributed by atoms with van der Waals surface area (Å²) in [6.45, 7) is 4.77. The minimum atomic E-state index is -3.44. The molecule has 0 saturated carbocycles. The Morgan fingerprint density at radius 1 is 0.553 bits per heavy atom. The van der Waals surface area contributed by atoms with Gasteiger partial charge >= 0.3 is 221 Å². The molecule has 0 bridgehead atoms. The third kappa shape index (κ3) is 4.49. The van der Waals surface area contributed by atoms with Gasteiger partial charge in [0.15, 0.2) is 0 Å². The van der Waals surface area contributed by atoms with E-state index < -0.39 is 14.0 Å². The van der Waals surface area contributed by atoms with Crippen LogP contribution in [0.3, 0.4) is 0 Å². The van der Waals surface area contributed by atoms with Gasteiger partial charge in [-0.15, -0.1) is 24.8 Å². The zero-order chi connectivity index (χ0) is 24.8. The van der Waals surface area contributed by atoms with E-state index in [9.17, 15) is 0 Å². The molecule has 4 aromatic carbocycles. The van der Waals surface area contributed by atoms with Crippen LogP contribution >= 0.6 is 24.8 Å². The van der Waals surface area contributed by atoms with Crippen LogP contribution < -0.4 is 7.74 Å². The molecule has 0 nitrogen and oxygen atoms in total. The fraction of sp³-hybridized carbons (Fsp3) is 0.294. The maximum absolute atomic E-state index is 3.44. The first-order valence-corrected chi connectivity index (χ1v) is 21.8. The molecule has 0 spiro atoms. The number of halogens is 2. The smallest absolute Gasteiger partial charge is 0.147 e. The first kappa shape index (κ1) is 29.4. The van der Waals surface area contributed by atoms with E-state index in [1.54, 1.807) is 18.9 Å². The summed E-state index contributed by atoms with van der Waals surface area (Å²) in [5.74, 6) is 0. The van der Waals surface area contributed by atoms with Crippen LogP contribution in [-0.4, -0.2) is 7.63 Å². The van der Waals surface area contributed by atoms with Crippen molar-refractivity contribution in [1.82, 2.24) is 0 Å². The van der Waals surface area contributed by atoms with Gasteiger partial charge in [-0.25, -0.2) is 0 Å². The van der Waals surface area contributed by atoms with Gasteiger partial charge in [0, 0.05) is 0 Å². The SMILES string of the molecule is CCC[CH2][Ti](=[SiH2])([CH2]CCC)([c]1cccc2c1Cc1ccccc1-2)[c]1cccc2c1Cc1ccccc1-2.Cl.Cl. The van der Waals surface area contributed by atoms with E-state index in [4.69, 9.17) is 0 Å². The minimum Gasteiger partial charge on any atom is -0.147 e. The fourth-order valence-electron chi connectivity index (χ4n) is 7.56. The summed E-state index contributed by atoms with van der Waals surface area (Å²) in [5.41, 5.74) is 12.3. The van der Waals surface area contributed by atoms with Crippen LogP contribution in [0.4, 0.5) is 0 Å². The second-order valence-electron chi connectivity index (χ2n) is 11.5. The first-order valence-electron chi connectivity index (χ1n) is 14.0. The summed E-state index contributed by atoms with van der Waals surface area (Å²) < 4.78 is 6.35. The molecule has 0 atom stereocenters. The summed E-state index contributed by atoms with van der Waals surface area (Å²) in [5, 5.41) is 0. The summed E-state index contributed by atoms with van der Waals surface area (Å²) >= 11 is -3.44. The third-order valence-corrected chi connectivity index (χ3v) is 26.2. The molecule has 2 aliphatic carbocycles. The van der Waals surface area contributed by atoms with Crippen molar-refractivity contribution >= 4 is 40.2 Å². The number of hydrogen-bond acceptors (Lipinski definition) is 0. The van der Waals surface area contributed by atoms with E-state index in [-0.39, 0.29) is 24.8 Å². The quantitative estimate of drug-likeness (QED) is 0.155. The van der Waals surface area contributed by atoms with Gasteiger partial charge in [-0.05, 0) is 0 Å². The summed E-state index contributed by atoms with van der Waals surface area (Å²) in [7, 11) is 2.53. The second kappa shape index (κ2) is 11.5. The Balaban J connectivity index is 0.00000168. The Morgan fingerprint density at radius 3 is 1.37 bits per heavy atom. The van der Waals surface area contributed by atoms with Crippen LogP contribution in [-0.2, 0) is 26.9 Å². The Bertz CT molecular complexity index is 1420. The predicted octanol–water partition coefficient (Wildman–Crippen LogP) is 8.30. The molecule has 0 N–H and O–H groups in total. The van der Waals surface area contributed by atoms with Crippen molar-refractivity contribution in [2.24, 2.45) is 0 Å². The number of unbranched alkanes of at least 4 members (excludes halogenated alkanes) is 2. The van der Waals surface area contributed by atoms with Crippen LogP contribution in [0.5, 0.6) is 0 Å². The predicted molar refractivity (Wildman–Crippen MR) is 171 cm³/mol. The van der Waals surface area contributed by atoms with Crippen LogP contribution in [0.25, 0.3) is 22.3 Å². The van der Waals surface area contributed by atoms with Crippen LogP contribution in [0.2, 0.25) is 9.45 Å². The van der Waals surface area contributed by atoms with Crippen LogP contribution in [0.15, 0.2) is 84.9 Å². The van der Waals surface area contributed by atoms with Gasteiger partial charge in [-0.1, -0.05) is 0 Å². The molecule has 0 amide bonds. The molecule has 198 valence electrons. The summed E-state index contributed by atoms with van der Waals surface area (Å²) in [6.07, 6.45) is 7.41. The van der Waals surface area contributed by atoms with Crippen LogP contribution in [0, 0.1) is 0 Å². The molecule has 0 heterocycles. The molecule has 0 aromatic heterocycles. The fourth-order valence-corrected chi connectivity index (χ4v) is 23.5. The van der Waals surface area contributed by atoms with E-state index in [0.29, 0.717) is 0 Å². The maximum atomic E-state index is 2.59. The van der Waals surface area contributed by atoms with Gasteiger partial charge in [-0.2, -0.15) is 0 Å². The van der Waals surface area contributed by atoms with Crippen molar-refractivity contribution < 1.29 is 14.0 Å². The zero-order valence-electron chi connectivity index (χ0n) is 22.8. The third-order valence-electron chi connectivity index (χ3n) is 9.38. The van der Waals surface area contributed by atoms with Crippen molar-refractivity contribution in [3.05, 3.63) is 107 Å². The zero-order valence-corrected chi connectivity index (χ0v) is 27.4. The monoisotopic (exact) mass is 594 g/mol. The van der Waals surface area contributed by atoms with Gasteiger partial charge in [0.2, 0.25) is 0 Å². The second-order valence-corrected chi connectivity index (χ2v) is 27.8. The molecule has 0 aliphatic heterocycles. The molecule has 0 radical (unpaired) electrons. The standard InChI is InChI=1S/2C13H9.2C4H9.2ClH.H2Si.Ti/c2*1-3-7-12-10(5-1)9-11-6-2-4-8-13(11)12;2*1-3-4-2;;;;/h2*1-5,7-8H,9H2;2*1,3-4H2,2H3;2*1H;1H2;. The minimum absolute atomic E-state index is 0. The topological polar surface area (TPSA) is 0 Å². The van der Waals surface area contributed by atoms with Gasteiger partial charge in [0.25, 0.3) is 0 Å². The number of benzene rings is 4. The Morgan fingerprint density at radius 2 is 0.947 bits per heavy atom. The van der Waals surface area contributed by atoms with Crippen molar-refractivity contribution in [3.63, 3.8) is 0 Å². The molecule has 38 heavy (non-hydrogen) atoms. The van der Waals surface area contributed by atoms with E-state index in [1.807, 2.05) is 0 Å². The molecule has 0 saturated heterocycles. The van der Waals surface area contributed by atoms with Crippen molar-refractivity contribution in [2.75, 3.05) is 0 Å². The summed E-state index contributed by atoms with van der Waals surface area (Å²) in [4.78, 5) is 0. The number of fused-ring (bicyclic) bond motifs is 6. The van der Waals surface area contributed by atoms with Crippen molar-refractivity contribution in [3.8, 4) is 22.3 Å². The van der Waals surface area contributed by atoms with E-state index in [2.05, 4.69) is 106 Å². The molecule has 0 fully saturated rings. The van der Waals surface area contributed by atoms with E-state index in [1.165, 1.54) is 68.5 Å². The van der Waals surface area contributed by atoms with Crippen LogP contribution in [0.1, 0.15) is 61.8 Å². The molecule has 4 aromatic rings. The molecule has 6 rings (SSSR count). The van der Waals surface area contributed by atoms with Crippen molar-refractivity contribution in [2.45, 2.75) is 61.8 Å². The molecular formula is C34H40Cl2SiTi. The van der Waals surface area contributed by atoms with Crippen molar-refractivity contribution in [1.29, 1.82) is 0 Å². The molecular weight excluding hydrogens is 555 g/mol. The average molecular weight is 596 g/mol. The Labute approximate surface area is 244 Å². The first-order chi connectivity index (χ1) is 17.6.